The van der Waals surface area contributed by atoms with Crippen LogP contribution in [0.15, 0.2) is 0 Å². The predicted molar refractivity (Wildman–Crippen MR) is 49.0 cm³/mol. The molecule has 1 nitrogen and oxygen atoms in total. The highest BCUT2D eigenvalue weighted by Crippen LogP contribution is 2.43. The van der Waals surface area contributed by atoms with Gasteiger partial charge in [-0.15, -0.1) is 0 Å². The minimum absolute atomic E-state index is 0.111. The fraction of sp³-hybridized carbons (Fsp3) is 0.900. The van der Waals surface area contributed by atoms with Gasteiger partial charge in [-0.1, -0.05) is 19.3 Å². The Morgan fingerprint density at radius 1 is 1.25 bits per heavy atom. The Morgan fingerprint density at radius 3 is 2.33 bits per heavy atom. The van der Waals surface area contributed by atoms with Crippen LogP contribution >= 0.6 is 11.6 Å². The standard InChI is InChI=1S/C10H15ClO/c11-10(12)9-5-8(6-9)4-7-2-1-3-7/h7-9H,1-6H2. The van der Waals surface area contributed by atoms with E-state index in [-0.39, 0.29) is 11.2 Å². The van der Waals surface area contributed by atoms with Crippen molar-refractivity contribution in [2.75, 3.05) is 0 Å². The molecule has 0 saturated heterocycles. The summed E-state index contributed by atoms with van der Waals surface area (Å²) in [5.74, 6) is 2.01. The normalized spacial score (nSPS) is 35.4. The molecule has 0 aromatic heterocycles. The average molecular weight is 187 g/mol. The van der Waals surface area contributed by atoms with Gasteiger partial charge in [-0.05, 0) is 42.7 Å². The van der Waals surface area contributed by atoms with Gasteiger partial charge >= 0.3 is 0 Å². The van der Waals surface area contributed by atoms with Crippen LogP contribution in [0.2, 0.25) is 0 Å². The summed E-state index contributed by atoms with van der Waals surface area (Å²) in [4.78, 5) is 10.7. The van der Waals surface area contributed by atoms with Crippen LogP contribution in [0, 0.1) is 17.8 Å². The molecule has 2 saturated carbocycles. The zero-order valence-corrected chi connectivity index (χ0v) is 8.02. The molecule has 0 amide bonds. The Bertz CT molecular complexity index is 180. The molecule has 0 radical (unpaired) electrons. The Kier molecular flexibility index (Phi) is 2.40. The second-order valence-corrected chi connectivity index (χ2v) is 4.74. The van der Waals surface area contributed by atoms with Gasteiger partial charge < -0.3 is 0 Å². The smallest absolute Gasteiger partial charge is 0.224 e. The van der Waals surface area contributed by atoms with Crippen molar-refractivity contribution in [3.8, 4) is 0 Å². The summed E-state index contributed by atoms with van der Waals surface area (Å²) in [6, 6.07) is 0. The molecule has 0 unspecified atom stereocenters. The van der Waals surface area contributed by atoms with Crippen LogP contribution in [0.3, 0.4) is 0 Å². The van der Waals surface area contributed by atoms with Crippen LogP contribution in [0.5, 0.6) is 0 Å². The summed E-state index contributed by atoms with van der Waals surface area (Å²) in [6.45, 7) is 0. The minimum atomic E-state index is -0.111. The Labute approximate surface area is 78.5 Å². The van der Waals surface area contributed by atoms with E-state index < -0.39 is 0 Å². The molecule has 0 aromatic carbocycles. The maximum Gasteiger partial charge on any atom is 0.224 e. The Balaban J connectivity index is 1.64. The van der Waals surface area contributed by atoms with Crippen LogP contribution in [0.25, 0.3) is 0 Å². The fourth-order valence-electron chi connectivity index (χ4n) is 2.31. The van der Waals surface area contributed by atoms with Crippen LogP contribution in [-0.2, 0) is 4.79 Å². The van der Waals surface area contributed by atoms with Crippen molar-refractivity contribution >= 4 is 16.8 Å². The lowest BCUT2D eigenvalue weighted by Crippen LogP contribution is -2.30. The lowest BCUT2D eigenvalue weighted by atomic mass is 9.68. The maximum atomic E-state index is 10.7. The summed E-state index contributed by atoms with van der Waals surface area (Å²) in [7, 11) is 0. The topological polar surface area (TPSA) is 17.1 Å². The average Bonchev–Trinajstić information content (AvgIpc) is 1.79. The van der Waals surface area contributed by atoms with Crippen LogP contribution in [-0.4, -0.2) is 5.24 Å². The number of carbonyl (C=O) groups is 1. The summed E-state index contributed by atoms with van der Waals surface area (Å²) in [5, 5.41) is -0.111. The molecule has 2 fully saturated rings. The quantitative estimate of drug-likeness (QED) is 0.620. The second kappa shape index (κ2) is 3.37. The van der Waals surface area contributed by atoms with E-state index in [1.807, 2.05) is 0 Å². The van der Waals surface area contributed by atoms with Crippen LogP contribution in [0.4, 0.5) is 0 Å². The molecular formula is C10H15ClO. The number of hydrogen-bond acceptors (Lipinski definition) is 1. The molecule has 2 heteroatoms. The zero-order chi connectivity index (χ0) is 8.55. The van der Waals surface area contributed by atoms with Crippen molar-refractivity contribution < 1.29 is 4.79 Å². The molecule has 2 aliphatic carbocycles. The number of halogens is 1. The summed E-state index contributed by atoms with van der Waals surface area (Å²) >= 11 is 5.39. The first-order valence-electron chi connectivity index (χ1n) is 4.95. The van der Waals surface area contributed by atoms with Crippen molar-refractivity contribution in [2.24, 2.45) is 17.8 Å². The van der Waals surface area contributed by atoms with Gasteiger partial charge in [-0.2, -0.15) is 0 Å². The first-order valence-corrected chi connectivity index (χ1v) is 5.33. The summed E-state index contributed by atoms with van der Waals surface area (Å²) < 4.78 is 0. The van der Waals surface area contributed by atoms with Crippen molar-refractivity contribution in [1.82, 2.24) is 0 Å². The predicted octanol–water partition coefficient (Wildman–Crippen LogP) is 2.97. The molecule has 0 heterocycles. The molecule has 0 atom stereocenters. The third kappa shape index (κ3) is 1.66. The van der Waals surface area contributed by atoms with Gasteiger partial charge in [0.05, 0.1) is 0 Å². The van der Waals surface area contributed by atoms with Gasteiger partial charge in [0.2, 0.25) is 5.24 Å². The monoisotopic (exact) mass is 186 g/mol. The Hall–Kier alpha value is -0.0400. The molecule has 0 bridgehead atoms. The lowest BCUT2D eigenvalue weighted by Gasteiger charge is -2.37. The van der Waals surface area contributed by atoms with Crippen molar-refractivity contribution in [3.63, 3.8) is 0 Å². The first kappa shape index (κ1) is 8.55. The van der Waals surface area contributed by atoms with Crippen molar-refractivity contribution in [2.45, 2.75) is 38.5 Å². The molecule has 0 N–H and O–H groups in total. The van der Waals surface area contributed by atoms with E-state index in [0.29, 0.717) is 0 Å². The molecule has 2 rings (SSSR count). The van der Waals surface area contributed by atoms with E-state index >= 15 is 0 Å². The van der Waals surface area contributed by atoms with E-state index in [9.17, 15) is 4.79 Å². The van der Waals surface area contributed by atoms with Crippen LogP contribution in [0.1, 0.15) is 38.5 Å². The Morgan fingerprint density at radius 2 is 1.92 bits per heavy atom. The first-order chi connectivity index (χ1) is 5.75. The van der Waals surface area contributed by atoms with E-state index in [1.165, 1.54) is 25.7 Å². The highest BCUT2D eigenvalue weighted by Gasteiger charge is 2.35. The van der Waals surface area contributed by atoms with E-state index in [2.05, 4.69) is 0 Å². The van der Waals surface area contributed by atoms with Gasteiger partial charge in [0.1, 0.15) is 0 Å². The molecule has 0 spiro atoms. The van der Waals surface area contributed by atoms with Crippen molar-refractivity contribution in [3.05, 3.63) is 0 Å². The SMILES string of the molecule is O=C(Cl)C1CC(CC2CCC2)C1. The molecular weight excluding hydrogens is 172 g/mol. The van der Waals surface area contributed by atoms with E-state index in [0.717, 1.165) is 24.7 Å². The van der Waals surface area contributed by atoms with Gasteiger partial charge in [0, 0.05) is 5.92 Å². The third-order valence-corrected chi connectivity index (χ3v) is 3.76. The van der Waals surface area contributed by atoms with Crippen LogP contribution < -0.4 is 0 Å². The van der Waals surface area contributed by atoms with Crippen molar-refractivity contribution in [1.29, 1.82) is 0 Å². The van der Waals surface area contributed by atoms with Gasteiger partial charge in [-0.3, -0.25) is 4.79 Å². The fourth-order valence-corrected chi connectivity index (χ4v) is 2.49. The summed E-state index contributed by atoms with van der Waals surface area (Å²) in [5.41, 5.74) is 0. The zero-order valence-electron chi connectivity index (χ0n) is 7.26. The maximum absolute atomic E-state index is 10.7. The molecule has 0 aromatic rings. The highest BCUT2D eigenvalue weighted by molar-refractivity contribution is 6.64. The number of rotatable bonds is 3. The number of hydrogen-bond donors (Lipinski definition) is 0. The van der Waals surface area contributed by atoms with Gasteiger partial charge in [0.25, 0.3) is 0 Å². The second-order valence-electron chi connectivity index (χ2n) is 4.37. The highest BCUT2D eigenvalue weighted by atomic mass is 35.5. The minimum Gasteiger partial charge on any atom is -0.281 e. The number of carbonyl (C=O) groups excluding carboxylic acids is 1. The largest absolute Gasteiger partial charge is 0.281 e. The van der Waals surface area contributed by atoms with Gasteiger partial charge in [-0.25, -0.2) is 0 Å². The molecule has 2 aliphatic rings. The third-order valence-electron chi connectivity index (χ3n) is 3.45. The molecule has 68 valence electrons. The van der Waals surface area contributed by atoms with Gasteiger partial charge in [0.15, 0.2) is 0 Å². The van der Waals surface area contributed by atoms with E-state index in [4.69, 9.17) is 11.6 Å². The lowest BCUT2D eigenvalue weighted by molar-refractivity contribution is -0.119. The molecule has 12 heavy (non-hydrogen) atoms. The summed E-state index contributed by atoms with van der Waals surface area (Å²) in [6.07, 6.45) is 7.78. The van der Waals surface area contributed by atoms with E-state index in [1.54, 1.807) is 0 Å². The molecule has 0 aliphatic heterocycles.